The summed E-state index contributed by atoms with van der Waals surface area (Å²) < 4.78 is 37.3. The predicted octanol–water partition coefficient (Wildman–Crippen LogP) is 5.93. The molecule has 8 nitrogen and oxygen atoms in total. The standard InChI is InChI=1S/C36H43NO7/c1-39-36(40-2)35(44-26-31-21-13-6-14-22-31)34(43-25-30-19-11-5-12-20-30)33(42-24-29-17-9-4-10-18-29)32(37-38)27-41-23-28-15-7-3-8-16-28/h3-22,32-38H,23-27H2,1-2H3/t32?,33-,34+,35-/m1/s1. The summed E-state index contributed by atoms with van der Waals surface area (Å²) >= 11 is 0. The Hall–Kier alpha value is -3.44. The first-order valence-corrected chi connectivity index (χ1v) is 14.7. The van der Waals surface area contributed by atoms with Gasteiger partial charge in [-0.1, -0.05) is 121 Å². The zero-order chi connectivity index (χ0) is 30.8. The maximum absolute atomic E-state index is 10.5. The van der Waals surface area contributed by atoms with Crippen molar-refractivity contribution in [1.29, 1.82) is 0 Å². The molecule has 4 aromatic carbocycles. The molecule has 4 rings (SSSR count). The van der Waals surface area contributed by atoms with E-state index in [1.54, 1.807) is 14.2 Å². The summed E-state index contributed by atoms with van der Waals surface area (Å²) in [6, 6.07) is 38.7. The zero-order valence-corrected chi connectivity index (χ0v) is 25.4. The predicted molar refractivity (Wildman–Crippen MR) is 168 cm³/mol. The number of nitrogens with one attached hydrogen (secondary N) is 1. The summed E-state index contributed by atoms with van der Waals surface area (Å²) in [5.74, 6) is 0. The van der Waals surface area contributed by atoms with Crippen molar-refractivity contribution < 1.29 is 33.6 Å². The molecule has 0 aliphatic rings. The van der Waals surface area contributed by atoms with E-state index >= 15 is 0 Å². The summed E-state index contributed by atoms with van der Waals surface area (Å²) in [6.07, 6.45) is -3.07. The summed E-state index contributed by atoms with van der Waals surface area (Å²) in [4.78, 5) is 0. The molecule has 0 fully saturated rings. The summed E-state index contributed by atoms with van der Waals surface area (Å²) in [7, 11) is 3.12. The van der Waals surface area contributed by atoms with E-state index in [2.05, 4.69) is 5.48 Å². The van der Waals surface area contributed by atoms with E-state index in [0.717, 1.165) is 22.3 Å². The summed E-state index contributed by atoms with van der Waals surface area (Å²) in [6.45, 7) is 1.32. The van der Waals surface area contributed by atoms with Crippen LogP contribution < -0.4 is 5.48 Å². The van der Waals surface area contributed by atoms with Gasteiger partial charge in [0.1, 0.15) is 18.3 Å². The number of hydrogen-bond acceptors (Lipinski definition) is 8. The second-order valence-corrected chi connectivity index (χ2v) is 10.4. The van der Waals surface area contributed by atoms with Gasteiger partial charge in [0, 0.05) is 14.2 Å². The minimum Gasteiger partial charge on any atom is -0.375 e. The number of hydroxylamine groups is 1. The molecule has 0 aromatic heterocycles. The van der Waals surface area contributed by atoms with E-state index in [1.807, 2.05) is 121 Å². The van der Waals surface area contributed by atoms with Gasteiger partial charge in [-0.15, -0.1) is 0 Å². The van der Waals surface area contributed by atoms with E-state index in [1.165, 1.54) is 0 Å². The first kappa shape index (κ1) is 33.5. The number of hydrogen-bond donors (Lipinski definition) is 2. The van der Waals surface area contributed by atoms with Crippen LogP contribution in [0.2, 0.25) is 0 Å². The quantitative estimate of drug-likeness (QED) is 0.0953. The molecule has 4 atom stereocenters. The molecule has 4 aromatic rings. The second-order valence-electron chi connectivity index (χ2n) is 10.4. The van der Waals surface area contributed by atoms with Crippen molar-refractivity contribution >= 4 is 0 Å². The molecule has 0 spiro atoms. The smallest absolute Gasteiger partial charge is 0.185 e. The van der Waals surface area contributed by atoms with Crippen LogP contribution in [-0.4, -0.2) is 56.7 Å². The lowest BCUT2D eigenvalue weighted by Crippen LogP contribution is -2.57. The molecule has 0 saturated carbocycles. The van der Waals surface area contributed by atoms with Crippen molar-refractivity contribution in [2.75, 3.05) is 20.8 Å². The van der Waals surface area contributed by atoms with Crippen LogP contribution in [0.1, 0.15) is 22.3 Å². The summed E-state index contributed by atoms with van der Waals surface area (Å²) in [5.41, 5.74) is 6.38. The van der Waals surface area contributed by atoms with Gasteiger partial charge in [0.2, 0.25) is 0 Å². The summed E-state index contributed by atoms with van der Waals surface area (Å²) in [5, 5.41) is 10.5. The molecule has 2 N–H and O–H groups in total. The number of rotatable bonds is 20. The van der Waals surface area contributed by atoms with Crippen molar-refractivity contribution in [2.24, 2.45) is 0 Å². The molecule has 8 heteroatoms. The third kappa shape index (κ3) is 10.6. The van der Waals surface area contributed by atoms with Gasteiger partial charge in [0.15, 0.2) is 6.29 Å². The van der Waals surface area contributed by atoms with Crippen LogP contribution in [0.25, 0.3) is 0 Å². The highest BCUT2D eigenvalue weighted by Crippen LogP contribution is 2.25. The van der Waals surface area contributed by atoms with E-state index in [-0.39, 0.29) is 26.4 Å². The van der Waals surface area contributed by atoms with Gasteiger partial charge in [-0.05, 0) is 22.3 Å². The minimum absolute atomic E-state index is 0.131. The number of benzene rings is 4. The van der Waals surface area contributed by atoms with Crippen molar-refractivity contribution in [3.05, 3.63) is 144 Å². The Kier molecular flexibility index (Phi) is 14.5. The van der Waals surface area contributed by atoms with Crippen LogP contribution >= 0.6 is 0 Å². The molecule has 0 radical (unpaired) electrons. The molecule has 234 valence electrons. The van der Waals surface area contributed by atoms with Gasteiger partial charge < -0.3 is 33.6 Å². The van der Waals surface area contributed by atoms with Gasteiger partial charge in [-0.2, -0.15) is 5.48 Å². The Morgan fingerprint density at radius 3 is 1.25 bits per heavy atom. The van der Waals surface area contributed by atoms with Crippen molar-refractivity contribution in [3.63, 3.8) is 0 Å². The molecule has 0 aliphatic carbocycles. The molecule has 44 heavy (non-hydrogen) atoms. The van der Waals surface area contributed by atoms with Crippen molar-refractivity contribution in [3.8, 4) is 0 Å². The molecule has 0 heterocycles. The zero-order valence-electron chi connectivity index (χ0n) is 25.4. The van der Waals surface area contributed by atoms with Gasteiger partial charge in [-0.3, -0.25) is 0 Å². The van der Waals surface area contributed by atoms with E-state index in [0.29, 0.717) is 6.61 Å². The third-order valence-corrected chi connectivity index (χ3v) is 7.21. The minimum atomic E-state index is -0.799. The highest BCUT2D eigenvalue weighted by Gasteiger charge is 2.42. The van der Waals surface area contributed by atoms with Crippen LogP contribution in [0.4, 0.5) is 0 Å². The fraction of sp³-hybridized carbons (Fsp3) is 0.333. The lowest BCUT2D eigenvalue weighted by atomic mass is 9.99. The van der Waals surface area contributed by atoms with Crippen LogP contribution in [0.5, 0.6) is 0 Å². The topological polar surface area (TPSA) is 87.6 Å². The highest BCUT2D eigenvalue weighted by molar-refractivity contribution is 5.16. The Labute approximate surface area is 260 Å². The van der Waals surface area contributed by atoms with Crippen LogP contribution in [0, 0.1) is 0 Å². The molecular formula is C36H43NO7. The molecule has 1 unspecified atom stereocenters. The Morgan fingerprint density at radius 2 is 0.864 bits per heavy atom. The first-order valence-electron chi connectivity index (χ1n) is 14.7. The average molecular weight is 602 g/mol. The van der Waals surface area contributed by atoms with Crippen molar-refractivity contribution in [1.82, 2.24) is 5.48 Å². The molecule has 0 bridgehead atoms. The molecule has 0 amide bonds. The van der Waals surface area contributed by atoms with Crippen LogP contribution in [-0.2, 0) is 54.8 Å². The van der Waals surface area contributed by atoms with Gasteiger partial charge >= 0.3 is 0 Å². The van der Waals surface area contributed by atoms with Crippen molar-refractivity contribution in [2.45, 2.75) is 57.1 Å². The average Bonchev–Trinajstić information content (AvgIpc) is 3.09. The van der Waals surface area contributed by atoms with E-state index in [4.69, 9.17) is 28.4 Å². The number of ether oxygens (including phenoxy) is 6. The Bertz CT molecular complexity index is 1280. The normalized spacial score (nSPS) is 14.3. The second kappa shape index (κ2) is 19.1. The van der Waals surface area contributed by atoms with Gasteiger partial charge in [0.25, 0.3) is 0 Å². The largest absolute Gasteiger partial charge is 0.375 e. The van der Waals surface area contributed by atoms with E-state index < -0.39 is 30.6 Å². The number of methoxy groups -OCH3 is 2. The van der Waals surface area contributed by atoms with Gasteiger partial charge in [0.05, 0.1) is 39.1 Å². The maximum atomic E-state index is 10.5. The lowest BCUT2D eigenvalue weighted by Gasteiger charge is -2.39. The third-order valence-electron chi connectivity index (χ3n) is 7.21. The highest BCUT2D eigenvalue weighted by atomic mass is 16.7. The Balaban J connectivity index is 1.65. The van der Waals surface area contributed by atoms with Crippen LogP contribution in [0.3, 0.4) is 0 Å². The van der Waals surface area contributed by atoms with Gasteiger partial charge in [-0.25, -0.2) is 0 Å². The fourth-order valence-corrected chi connectivity index (χ4v) is 4.89. The maximum Gasteiger partial charge on any atom is 0.185 e. The SMILES string of the molecule is COC(OC)[C@H](OCc1ccccc1)[C@@H](OCc1ccccc1)[C@H](OCc1ccccc1)C(COCc1ccccc1)NO. The lowest BCUT2D eigenvalue weighted by molar-refractivity contribution is -0.247. The molecule has 0 aliphatic heterocycles. The monoisotopic (exact) mass is 601 g/mol. The Morgan fingerprint density at radius 1 is 0.500 bits per heavy atom. The molecular weight excluding hydrogens is 558 g/mol. The van der Waals surface area contributed by atoms with Crippen LogP contribution in [0.15, 0.2) is 121 Å². The van der Waals surface area contributed by atoms with E-state index in [9.17, 15) is 5.21 Å². The first-order chi connectivity index (χ1) is 21.7. The fourth-order valence-electron chi connectivity index (χ4n) is 4.89. The molecule has 0 saturated heterocycles.